The maximum Gasteiger partial charge on any atom is 1.00 e. The zero-order chi connectivity index (χ0) is 15.9. The van der Waals surface area contributed by atoms with Gasteiger partial charge in [-0.15, -0.1) is 11.8 Å². The van der Waals surface area contributed by atoms with Crippen molar-refractivity contribution in [2.24, 2.45) is 11.8 Å². The number of hydrogen-bond acceptors (Lipinski definition) is 6. The van der Waals surface area contributed by atoms with Crippen molar-refractivity contribution in [3.8, 4) is 0 Å². The van der Waals surface area contributed by atoms with Crippen molar-refractivity contribution in [1.29, 1.82) is 0 Å². The van der Waals surface area contributed by atoms with E-state index < -0.39 is 11.9 Å². The van der Waals surface area contributed by atoms with E-state index in [2.05, 4.69) is 4.98 Å². The van der Waals surface area contributed by atoms with Gasteiger partial charge in [-0.1, -0.05) is 13.0 Å². The summed E-state index contributed by atoms with van der Waals surface area (Å²) in [6.45, 7) is 1.62. The van der Waals surface area contributed by atoms with Crippen molar-refractivity contribution in [2.45, 2.75) is 18.7 Å². The third-order valence-electron chi connectivity index (χ3n) is 4.17. The van der Waals surface area contributed by atoms with E-state index in [0.29, 0.717) is 10.7 Å². The fraction of sp³-hybridized carbons (Fsp3) is 0.400. The Morgan fingerprint density at radius 3 is 2.83 bits per heavy atom. The summed E-state index contributed by atoms with van der Waals surface area (Å²) in [5, 5.41) is 20.7. The molecule has 0 saturated carbocycles. The molecule has 2 aliphatic rings. The van der Waals surface area contributed by atoms with E-state index >= 15 is 0 Å². The number of hydrogen-bond donors (Lipinski definition) is 1. The molecular formula is C15H15KN2O4S. The molecule has 2 aliphatic heterocycles. The Hall–Kier alpha value is -0.224. The fourth-order valence-electron chi connectivity index (χ4n) is 3.12. The Bertz CT molecular complexity index is 652. The third-order valence-corrected chi connectivity index (χ3v) is 5.53. The van der Waals surface area contributed by atoms with Crippen LogP contribution in [0.4, 0.5) is 0 Å². The molecule has 1 aromatic heterocycles. The van der Waals surface area contributed by atoms with Gasteiger partial charge in [-0.3, -0.25) is 9.78 Å². The van der Waals surface area contributed by atoms with Gasteiger partial charge in [0.2, 0.25) is 5.91 Å². The van der Waals surface area contributed by atoms with Crippen LogP contribution in [0.2, 0.25) is 0 Å². The number of thioether (sulfide) groups is 1. The van der Waals surface area contributed by atoms with Crippen LogP contribution in [0.15, 0.2) is 35.1 Å². The summed E-state index contributed by atoms with van der Waals surface area (Å²) in [4.78, 5) is 29.4. The van der Waals surface area contributed by atoms with Gasteiger partial charge in [0.05, 0.1) is 30.2 Å². The molecule has 1 N–H and O–H groups in total. The number of aromatic nitrogens is 1. The van der Waals surface area contributed by atoms with Crippen LogP contribution < -0.4 is 56.5 Å². The Balaban J connectivity index is 0.00000192. The number of aliphatic carboxylic acids is 1. The van der Waals surface area contributed by atoms with Crippen molar-refractivity contribution in [3.63, 3.8) is 0 Å². The van der Waals surface area contributed by atoms with Crippen molar-refractivity contribution < 1.29 is 71.2 Å². The molecule has 8 heteroatoms. The minimum absolute atomic E-state index is 0. The number of rotatable bonds is 5. The molecule has 0 aliphatic carbocycles. The number of carbonyl (C=O) groups is 2. The fourth-order valence-corrected chi connectivity index (χ4v) is 4.33. The summed E-state index contributed by atoms with van der Waals surface area (Å²) >= 11 is 1.39. The van der Waals surface area contributed by atoms with Gasteiger partial charge in [-0.25, -0.2) is 0 Å². The maximum absolute atomic E-state index is 12.0. The molecule has 1 amide bonds. The molecule has 0 bridgehead atoms. The minimum atomic E-state index is -1.34. The molecule has 3 heterocycles. The Morgan fingerprint density at radius 2 is 2.26 bits per heavy atom. The molecule has 0 radical (unpaired) electrons. The van der Waals surface area contributed by atoms with Gasteiger partial charge >= 0.3 is 51.4 Å². The molecular weight excluding hydrogens is 343 g/mol. The zero-order valence-corrected chi connectivity index (χ0v) is 16.9. The predicted octanol–water partition coefficient (Wildman–Crippen LogP) is -3.25. The average Bonchev–Trinajstić information content (AvgIpc) is 2.76. The first-order valence-corrected chi connectivity index (χ1v) is 7.96. The summed E-state index contributed by atoms with van der Waals surface area (Å²) in [5.41, 5.74) is 0.935. The predicted molar refractivity (Wildman–Crippen MR) is 77.9 cm³/mol. The van der Waals surface area contributed by atoms with Gasteiger partial charge < -0.3 is 19.9 Å². The van der Waals surface area contributed by atoms with Crippen LogP contribution in [0.5, 0.6) is 0 Å². The van der Waals surface area contributed by atoms with Crippen molar-refractivity contribution >= 4 is 23.6 Å². The van der Waals surface area contributed by atoms with Crippen LogP contribution in [0, 0.1) is 11.8 Å². The van der Waals surface area contributed by atoms with Gasteiger partial charge in [0.25, 0.3) is 0 Å². The second-order valence-corrected chi connectivity index (χ2v) is 6.44. The molecule has 23 heavy (non-hydrogen) atoms. The number of pyridine rings is 1. The first-order chi connectivity index (χ1) is 10.6. The Labute approximate surface area is 180 Å². The molecule has 3 rings (SSSR count). The number of carboxylic acids is 1. The van der Waals surface area contributed by atoms with Crippen molar-refractivity contribution in [1.82, 2.24) is 9.88 Å². The number of carboxylic acid groups (broad SMARTS) is 1. The topological polar surface area (TPSA) is 93.6 Å². The summed E-state index contributed by atoms with van der Waals surface area (Å²) in [5.74, 6) is -1.74. The summed E-state index contributed by atoms with van der Waals surface area (Å²) in [6, 6.07) is 3.46. The van der Waals surface area contributed by atoms with Crippen LogP contribution in [0.25, 0.3) is 0 Å². The van der Waals surface area contributed by atoms with Gasteiger partial charge in [0.15, 0.2) is 0 Å². The molecule has 116 valence electrons. The van der Waals surface area contributed by atoms with E-state index in [0.717, 1.165) is 5.56 Å². The molecule has 0 unspecified atom stereocenters. The van der Waals surface area contributed by atoms with Crippen LogP contribution in [0.3, 0.4) is 0 Å². The summed E-state index contributed by atoms with van der Waals surface area (Å²) in [6.07, 6.45) is 3.40. The van der Waals surface area contributed by atoms with E-state index in [4.69, 9.17) is 0 Å². The number of carbonyl (C=O) groups excluding carboxylic acids is 2. The molecule has 0 aromatic carbocycles. The van der Waals surface area contributed by atoms with E-state index in [1.807, 2.05) is 19.1 Å². The van der Waals surface area contributed by atoms with Crippen LogP contribution in [-0.2, 0) is 15.3 Å². The number of aliphatic hydroxyl groups excluding tert-OH is 1. The third kappa shape index (κ3) is 3.30. The maximum atomic E-state index is 12.0. The number of aliphatic hydroxyl groups is 1. The molecule has 3 atom stereocenters. The van der Waals surface area contributed by atoms with E-state index in [9.17, 15) is 19.8 Å². The van der Waals surface area contributed by atoms with E-state index in [-0.39, 0.29) is 81.6 Å². The molecule has 0 spiro atoms. The second kappa shape index (κ2) is 7.77. The number of amides is 1. The van der Waals surface area contributed by atoms with Gasteiger partial charge in [-0.05, 0) is 11.6 Å². The second-order valence-electron chi connectivity index (χ2n) is 5.43. The largest absolute Gasteiger partial charge is 1.00 e. The molecule has 1 aromatic rings. The molecule has 1 saturated heterocycles. The number of fused-ring (bicyclic) bond motifs is 1. The summed E-state index contributed by atoms with van der Waals surface area (Å²) in [7, 11) is 0. The SMILES string of the molecule is C[C@H]1C(SCc2cccnc2)=C(C(=O)[O-])N2C(=O)[C@H](CO)[C@@H]12.[K+]. The average molecular weight is 358 g/mol. The van der Waals surface area contributed by atoms with Gasteiger partial charge in [0.1, 0.15) is 0 Å². The van der Waals surface area contributed by atoms with Crippen LogP contribution >= 0.6 is 11.8 Å². The zero-order valence-electron chi connectivity index (χ0n) is 12.9. The van der Waals surface area contributed by atoms with E-state index in [1.165, 1.54) is 16.7 Å². The quantitative estimate of drug-likeness (QED) is 0.439. The Morgan fingerprint density at radius 1 is 1.52 bits per heavy atom. The summed E-state index contributed by atoms with van der Waals surface area (Å²) < 4.78 is 0. The number of nitrogens with zero attached hydrogens (tertiary/aromatic N) is 2. The number of β-lactam (4-membered cyclic amide) rings is 1. The standard InChI is InChI=1S/C15H16N2O4S.K/c1-8-11-10(6-18)14(19)17(11)12(15(20)21)13(8)22-7-9-3-2-4-16-5-9;/h2-5,8,10-11,18H,6-7H2,1H3,(H,20,21);/q;+1/p-1/t8-,10-,11-;/m1./s1. The molecule has 1 fully saturated rings. The normalized spacial score (nSPS) is 25.7. The first-order valence-electron chi connectivity index (χ1n) is 6.97. The minimum Gasteiger partial charge on any atom is -0.543 e. The first kappa shape index (κ1) is 19.1. The van der Waals surface area contributed by atoms with Crippen LogP contribution in [0.1, 0.15) is 12.5 Å². The van der Waals surface area contributed by atoms with E-state index in [1.54, 1.807) is 12.4 Å². The smallest absolute Gasteiger partial charge is 0.543 e. The van der Waals surface area contributed by atoms with Gasteiger partial charge in [0, 0.05) is 29.0 Å². The van der Waals surface area contributed by atoms with Crippen molar-refractivity contribution in [2.75, 3.05) is 6.61 Å². The molecule has 6 nitrogen and oxygen atoms in total. The monoisotopic (exact) mass is 358 g/mol. The Kier molecular flexibility index (Phi) is 6.46. The van der Waals surface area contributed by atoms with Crippen molar-refractivity contribution in [3.05, 3.63) is 40.7 Å². The van der Waals surface area contributed by atoms with Gasteiger partial charge in [-0.2, -0.15) is 0 Å². The van der Waals surface area contributed by atoms with Crippen LogP contribution in [-0.4, -0.2) is 39.5 Å².